The van der Waals surface area contributed by atoms with Gasteiger partial charge in [0.05, 0.1) is 12.4 Å². The monoisotopic (exact) mass is 333 g/mol. The quantitative estimate of drug-likeness (QED) is 0.622. The Balaban J connectivity index is 2.15. The second-order valence-electron chi connectivity index (χ2n) is 5.39. The number of rotatable bonds is 7. The lowest BCUT2D eigenvalue weighted by Gasteiger charge is -2.13. The first kappa shape index (κ1) is 17.3. The molecule has 0 saturated heterocycles. The van der Waals surface area contributed by atoms with Crippen molar-refractivity contribution in [2.24, 2.45) is 5.92 Å². The van der Waals surface area contributed by atoms with Crippen LogP contribution in [0.25, 0.3) is 11.1 Å². The van der Waals surface area contributed by atoms with Crippen molar-refractivity contribution < 1.29 is 18.3 Å². The van der Waals surface area contributed by atoms with Gasteiger partial charge in [-0.1, -0.05) is 31.2 Å². The summed E-state index contributed by atoms with van der Waals surface area (Å²) in [5.74, 6) is 0.591. The van der Waals surface area contributed by atoms with E-state index in [0.29, 0.717) is 18.1 Å². The largest absolute Gasteiger partial charge is 0.477 e. The third kappa shape index (κ3) is 4.71. The number of aldehydes is 1. The van der Waals surface area contributed by atoms with E-state index < -0.39 is 11.1 Å². The van der Waals surface area contributed by atoms with E-state index in [1.165, 1.54) is 0 Å². The zero-order valence-electron chi connectivity index (χ0n) is 13.1. The van der Waals surface area contributed by atoms with Gasteiger partial charge in [0.1, 0.15) is 0 Å². The van der Waals surface area contributed by atoms with Gasteiger partial charge in [-0.2, -0.15) is 0 Å². The van der Waals surface area contributed by atoms with Crippen LogP contribution in [0.15, 0.2) is 36.4 Å². The van der Waals surface area contributed by atoms with E-state index in [1.54, 1.807) is 12.1 Å². The summed E-state index contributed by atoms with van der Waals surface area (Å²) in [7, 11) is 0. The molecule has 0 aliphatic carbocycles. The fourth-order valence-corrected chi connectivity index (χ4v) is 2.85. The summed E-state index contributed by atoms with van der Waals surface area (Å²) in [6, 6.07) is 11.0. The topological polar surface area (TPSA) is 76.5 Å². The first-order valence-corrected chi connectivity index (χ1v) is 8.51. The van der Waals surface area contributed by atoms with Crippen LogP contribution in [-0.2, 0) is 11.1 Å². The molecule has 6 heteroatoms. The van der Waals surface area contributed by atoms with Gasteiger partial charge in [0.25, 0.3) is 0 Å². The van der Waals surface area contributed by atoms with Crippen LogP contribution in [0.1, 0.15) is 23.0 Å². The first-order valence-electron chi connectivity index (χ1n) is 7.23. The van der Waals surface area contributed by atoms with Crippen LogP contribution in [-0.4, -0.2) is 32.4 Å². The van der Waals surface area contributed by atoms with Gasteiger partial charge >= 0.3 is 0 Å². The Labute approximate surface area is 138 Å². The lowest BCUT2D eigenvalue weighted by atomic mass is 9.99. The van der Waals surface area contributed by atoms with Crippen molar-refractivity contribution in [2.45, 2.75) is 13.8 Å². The summed E-state index contributed by atoms with van der Waals surface area (Å²) in [5.41, 5.74) is 3.09. The Hall–Kier alpha value is -2.05. The SMILES string of the molecule is Cc1nc(OCC(C)CS(=O)O)ccc1-c1ccccc1C=O. The van der Waals surface area contributed by atoms with E-state index in [9.17, 15) is 9.00 Å². The molecule has 2 unspecified atom stereocenters. The number of carbonyl (C=O) groups is 1. The number of hydrogen-bond acceptors (Lipinski definition) is 4. The summed E-state index contributed by atoms with van der Waals surface area (Å²) in [4.78, 5) is 15.6. The van der Waals surface area contributed by atoms with Crippen molar-refractivity contribution in [3.63, 3.8) is 0 Å². The van der Waals surface area contributed by atoms with Crippen molar-refractivity contribution in [2.75, 3.05) is 12.4 Å². The average Bonchev–Trinajstić information content (AvgIpc) is 2.52. The molecule has 0 bridgehead atoms. The maximum Gasteiger partial charge on any atom is 0.213 e. The number of carbonyl (C=O) groups excluding carboxylic acids is 1. The van der Waals surface area contributed by atoms with Crippen LogP contribution < -0.4 is 4.74 Å². The van der Waals surface area contributed by atoms with Gasteiger partial charge in [-0.05, 0) is 18.6 Å². The highest BCUT2D eigenvalue weighted by Gasteiger charge is 2.11. The third-order valence-electron chi connectivity index (χ3n) is 3.38. The molecule has 0 spiro atoms. The minimum absolute atomic E-state index is 0.0431. The lowest BCUT2D eigenvalue weighted by molar-refractivity contribution is 0.112. The summed E-state index contributed by atoms with van der Waals surface area (Å²) in [6.07, 6.45) is 0.829. The van der Waals surface area contributed by atoms with Crippen LogP contribution in [0.5, 0.6) is 5.88 Å². The molecule has 0 fully saturated rings. The van der Waals surface area contributed by atoms with Crippen LogP contribution >= 0.6 is 0 Å². The number of ether oxygens (including phenoxy) is 1. The zero-order chi connectivity index (χ0) is 16.8. The number of hydrogen-bond donors (Lipinski definition) is 1. The van der Waals surface area contributed by atoms with Crippen molar-refractivity contribution in [1.29, 1.82) is 0 Å². The summed E-state index contributed by atoms with van der Waals surface area (Å²) >= 11 is -1.82. The molecule has 5 nitrogen and oxygen atoms in total. The molecule has 2 rings (SSSR count). The summed E-state index contributed by atoms with van der Waals surface area (Å²) in [6.45, 7) is 4.02. The van der Waals surface area contributed by atoms with Crippen molar-refractivity contribution in [3.8, 4) is 17.0 Å². The minimum atomic E-state index is -1.82. The number of benzene rings is 1. The van der Waals surface area contributed by atoms with E-state index in [1.807, 2.05) is 38.1 Å². The molecule has 122 valence electrons. The Morgan fingerprint density at radius 2 is 2.00 bits per heavy atom. The van der Waals surface area contributed by atoms with Gasteiger partial charge in [0, 0.05) is 28.8 Å². The van der Waals surface area contributed by atoms with E-state index in [4.69, 9.17) is 9.29 Å². The van der Waals surface area contributed by atoms with E-state index in [-0.39, 0.29) is 11.7 Å². The predicted molar refractivity (Wildman–Crippen MR) is 90.1 cm³/mol. The third-order valence-corrected chi connectivity index (χ3v) is 4.24. The Morgan fingerprint density at radius 3 is 2.65 bits per heavy atom. The number of pyridine rings is 1. The van der Waals surface area contributed by atoms with Gasteiger partial charge < -0.3 is 9.29 Å². The van der Waals surface area contributed by atoms with E-state index >= 15 is 0 Å². The molecule has 0 amide bonds. The average molecular weight is 333 g/mol. The lowest BCUT2D eigenvalue weighted by Crippen LogP contribution is -2.16. The molecule has 1 heterocycles. The molecule has 1 aromatic carbocycles. The smallest absolute Gasteiger partial charge is 0.213 e. The maximum atomic E-state index is 11.2. The summed E-state index contributed by atoms with van der Waals surface area (Å²) < 4.78 is 25.2. The van der Waals surface area contributed by atoms with Crippen molar-refractivity contribution in [3.05, 3.63) is 47.7 Å². The fourth-order valence-electron chi connectivity index (χ4n) is 2.27. The molecule has 1 aromatic heterocycles. The van der Waals surface area contributed by atoms with Gasteiger partial charge in [0.2, 0.25) is 5.88 Å². The van der Waals surface area contributed by atoms with Crippen LogP contribution in [0, 0.1) is 12.8 Å². The van der Waals surface area contributed by atoms with Gasteiger partial charge in [-0.3, -0.25) is 4.79 Å². The van der Waals surface area contributed by atoms with Crippen LogP contribution in [0.3, 0.4) is 0 Å². The highest BCUT2D eigenvalue weighted by atomic mass is 32.2. The second-order valence-corrected chi connectivity index (χ2v) is 6.37. The van der Waals surface area contributed by atoms with Crippen molar-refractivity contribution >= 4 is 17.4 Å². The molecular formula is C17H19NO4S. The Kier molecular flexibility index (Phi) is 6.01. The molecule has 2 atom stereocenters. The number of nitrogens with zero attached hydrogens (tertiary/aromatic N) is 1. The molecule has 2 aromatic rings. The van der Waals surface area contributed by atoms with E-state index in [2.05, 4.69) is 4.98 Å². The van der Waals surface area contributed by atoms with Gasteiger partial charge in [0.15, 0.2) is 17.4 Å². The standard InChI is InChI=1S/C17H19NO4S/c1-12(11-23(20)21)10-22-17-8-7-15(13(2)18-17)16-6-4-3-5-14(16)9-19/h3-9,12H,10-11H2,1-2H3,(H,20,21). The second kappa shape index (κ2) is 7.99. The normalized spacial score (nSPS) is 13.3. The van der Waals surface area contributed by atoms with E-state index in [0.717, 1.165) is 23.1 Å². The maximum absolute atomic E-state index is 11.2. The molecule has 1 N–H and O–H groups in total. The molecule has 0 aliphatic rings. The van der Waals surface area contributed by atoms with Gasteiger partial charge in [-0.25, -0.2) is 9.19 Å². The zero-order valence-corrected chi connectivity index (χ0v) is 13.9. The van der Waals surface area contributed by atoms with Crippen LogP contribution in [0.4, 0.5) is 0 Å². The number of aryl methyl sites for hydroxylation is 1. The first-order chi connectivity index (χ1) is 11.0. The molecule has 23 heavy (non-hydrogen) atoms. The Bertz CT molecular complexity index is 717. The van der Waals surface area contributed by atoms with Crippen molar-refractivity contribution in [1.82, 2.24) is 4.98 Å². The molecule has 0 aliphatic heterocycles. The minimum Gasteiger partial charge on any atom is -0.477 e. The van der Waals surface area contributed by atoms with Crippen LogP contribution in [0.2, 0.25) is 0 Å². The molecular weight excluding hydrogens is 314 g/mol. The Morgan fingerprint density at radius 1 is 1.26 bits per heavy atom. The summed E-state index contributed by atoms with van der Waals surface area (Å²) in [5, 5.41) is 0. The highest BCUT2D eigenvalue weighted by Crippen LogP contribution is 2.26. The predicted octanol–water partition coefficient (Wildman–Crippen LogP) is 3.11. The van der Waals surface area contributed by atoms with Gasteiger partial charge in [-0.15, -0.1) is 0 Å². The fraction of sp³-hybridized carbons (Fsp3) is 0.294. The molecule has 0 saturated carbocycles. The highest BCUT2D eigenvalue weighted by molar-refractivity contribution is 7.79. The number of aromatic nitrogens is 1. The molecule has 0 radical (unpaired) electrons.